The molecule has 0 saturated heterocycles. The Balaban J connectivity index is 0.842. The molecule has 4 heteroatoms. The van der Waals surface area contributed by atoms with Crippen LogP contribution in [0.4, 0.5) is 5.69 Å². The minimum atomic E-state index is -0.0643. The molecule has 0 amide bonds. The fourth-order valence-corrected chi connectivity index (χ4v) is 10.2. The van der Waals surface area contributed by atoms with Crippen LogP contribution in [0.1, 0.15) is 75.0 Å². The zero-order valence-corrected chi connectivity index (χ0v) is 38.7. The number of hydrogen-bond acceptors (Lipinski definition) is 3. The van der Waals surface area contributed by atoms with Crippen LogP contribution in [0.5, 0.6) is 0 Å². The number of pyridine rings is 1. The molecule has 1 saturated carbocycles. The van der Waals surface area contributed by atoms with Gasteiger partial charge in [-0.3, -0.25) is 4.90 Å². The molecule has 12 rings (SSSR count). The Morgan fingerprint density at radius 3 is 2.06 bits per heavy atom. The summed E-state index contributed by atoms with van der Waals surface area (Å²) < 4.78 is 8.68. The highest BCUT2D eigenvalue weighted by atomic mass is 16.3. The van der Waals surface area contributed by atoms with Crippen molar-refractivity contribution in [2.75, 3.05) is 4.90 Å². The van der Waals surface area contributed by atoms with Crippen LogP contribution in [-0.2, 0) is 0 Å². The number of nitrogens with zero attached hydrogens (tertiary/aromatic N) is 3. The minimum absolute atomic E-state index is 0.0643. The summed E-state index contributed by atoms with van der Waals surface area (Å²) in [7, 11) is 0. The third-order valence-corrected chi connectivity index (χ3v) is 14.1. The summed E-state index contributed by atoms with van der Waals surface area (Å²) in [6.45, 7) is 6.29. The standard InChI is InChI=1S/C64H51N3O/c1-4-7-23-54(6-3)66-32-30-52(56-24-8-9-25-60(56)66)37-43(14-5-2)44-17-13-22-49(36-44)53-40-59-57-38-51(27-29-62(57)68-64(59)65-41-53)48-21-12-19-46(35-48)45-18-11-20-47(34-45)50-26-28-55(42-15-10-16-42)58(39-50)63-61-31-33-67(61)63/h5-9,11-14,17-29,31,33-42,52H,4,10,15-16H2,1-3H3/b14-5-,23-7-,43-37+,54-6+. The Bertz CT molecular complexity index is 3630. The monoisotopic (exact) mass is 877 g/mol. The van der Waals surface area contributed by atoms with Gasteiger partial charge in [-0.25, -0.2) is 4.98 Å². The Kier molecular flexibility index (Phi) is 10.5. The molecule has 6 aromatic carbocycles. The van der Waals surface area contributed by atoms with Crippen molar-refractivity contribution in [3.8, 4) is 73.4 Å². The predicted octanol–water partition coefficient (Wildman–Crippen LogP) is 17.1. The van der Waals surface area contributed by atoms with Crippen molar-refractivity contribution in [1.82, 2.24) is 9.55 Å². The first-order chi connectivity index (χ1) is 33.5. The van der Waals surface area contributed by atoms with Crippen LogP contribution in [-0.4, -0.2) is 9.55 Å². The number of para-hydroxylation sites is 1. The third-order valence-electron chi connectivity index (χ3n) is 14.1. The van der Waals surface area contributed by atoms with Gasteiger partial charge < -0.3 is 8.98 Å². The van der Waals surface area contributed by atoms with Gasteiger partial charge in [-0.05, 0) is 161 Å². The first kappa shape index (κ1) is 41.3. The van der Waals surface area contributed by atoms with Gasteiger partial charge in [0, 0.05) is 46.0 Å². The second-order valence-electron chi connectivity index (χ2n) is 18.3. The highest BCUT2D eigenvalue weighted by Crippen LogP contribution is 2.49. The predicted molar refractivity (Wildman–Crippen MR) is 284 cm³/mol. The van der Waals surface area contributed by atoms with Crippen molar-refractivity contribution in [3.63, 3.8) is 0 Å². The normalized spacial score (nSPS) is 15.6. The second kappa shape index (κ2) is 17.3. The van der Waals surface area contributed by atoms with Gasteiger partial charge in [0.1, 0.15) is 5.58 Å². The number of anilines is 1. The summed E-state index contributed by atoms with van der Waals surface area (Å²) in [5.74, 6) is 4.19. The first-order valence-electron chi connectivity index (χ1n) is 24.1. The van der Waals surface area contributed by atoms with Gasteiger partial charge in [0.2, 0.25) is 5.71 Å². The van der Waals surface area contributed by atoms with Crippen molar-refractivity contribution in [3.05, 3.63) is 217 Å². The lowest BCUT2D eigenvalue weighted by atomic mass is 9.77. The van der Waals surface area contributed by atoms with E-state index in [0.29, 0.717) is 11.6 Å². The van der Waals surface area contributed by atoms with Gasteiger partial charge >= 0.3 is 0 Å². The molecule has 0 radical (unpaired) electrons. The lowest BCUT2D eigenvalue weighted by Gasteiger charge is -2.27. The smallest absolute Gasteiger partial charge is 0.227 e. The van der Waals surface area contributed by atoms with E-state index in [1.807, 2.05) is 6.20 Å². The molecule has 0 bridgehead atoms. The average molecular weight is 878 g/mol. The molecular weight excluding hydrogens is 827 g/mol. The Morgan fingerprint density at radius 1 is 0.676 bits per heavy atom. The Hall–Kier alpha value is -8.13. The fraction of sp³-hybridized carbons (Fsp3) is 0.141. The Morgan fingerprint density at radius 2 is 1.37 bits per heavy atom. The van der Waals surface area contributed by atoms with Crippen LogP contribution < -0.4 is 4.90 Å². The largest absolute Gasteiger partial charge is 0.438 e. The number of allylic oxidation sites excluding steroid dienone is 7. The SMILES string of the molecule is C/C=C\C(=C/C1C#CN(C(/C=C\CC)=C/C)c2ccccc21)c1cccc(-c2cnc3oc4ccc(-c5cccc(-c6cccc(-c7ccc(C8CCC8)c(-c8c9ccn8-9)c7)c6)c5)cc4c3c2)c1. The molecule has 3 aliphatic heterocycles. The topological polar surface area (TPSA) is 34.2 Å². The number of aromatic nitrogens is 2. The van der Waals surface area contributed by atoms with Crippen LogP contribution in [0.3, 0.4) is 0 Å². The summed E-state index contributed by atoms with van der Waals surface area (Å²) in [5.41, 5.74) is 22.1. The van der Waals surface area contributed by atoms with E-state index in [9.17, 15) is 0 Å². The summed E-state index contributed by atoms with van der Waals surface area (Å²) in [6, 6.07) is 56.8. The van der Waals surface area contributed by atoms with Crippen molar-refractivity contribution < 1.29 is 4.42 Å². The van der Waals surface area contributed by atoms with Gasteiger partial charge in [-0.15, -0.1) is 0 Å². The van der Waals surface area contributed by atoms with Gasteiger partial charge in [0.25, 0.3) is 0 Å². The minimum Gasteiger partial charge on any atom is -0.438 e. The van der Waals surface area contributed by atoms with Crippen molar-refractivity contribution in [1.29, 1.82) is 0 Å². The summed E-state index contributed by atoms with van der Waals surface area (Å²) in [6.07, 6.45) is 22.1. The van der Waals surface area contributed by atoms with E-state index in [2.05, 4.69) is 230 Å². The molecule has 1 aliphatic carbocycles. The number of hydrogen-bond donors (Lipinski definition) is 0. The van der Waals surface area contributed by atoms with Crippen molar-refractivity contribution in [2.24, 2.45) is 0 Å². The molecule has 1 fully saturated rings. The van der Waals surface area contributed by atoms with E-state index >= 15 is 0 Å². The molecule has 2 aromatic heterocycles. The molecule has 1 atom stereocenters. The summed E-state index contributed by atoms with van der Waals surface area (Å²) in [5, 5.41) is 2.05. The highest BCUT2D eigenvalue weighted by molar-refractivity contribution is 6.06. The molecule has 68 heavy (non-hydrogen) atoms. The average Bonchev–Trinajstić information content (AvgIpc) is 3.70. The highest BCUT2D eigenvalue weighted by Gasteiger charge is 2.31. The summed E-state index contributed by atoms with van der Waals surface area (Å²) >= 11 is 0. The maximum absolute atomic E-state index is 6.35. The zero-order chi connectivity index (χ0) is 45.7. The van der Waals surface area contributed by atoms with E-state index in [1.54, 1.807) is 0 Å². The van der Waals surface area contributed by atoms with Crippen molar-refractivity contribution >= 4 is 33.3 Å². The maximum atomic E-state index is 6.35. The number of fused-ring (bicyclic) bond motifs is 5. The van der Waals surface area contributed by atoms with E-state index in [4.69, 9.17) is 9.40 Å². The van der Waals surface area contributed by atoms with Gasteiger partial charge in [-0.2, -0.15) is 0 Å². The molecule has 328 valence electrons. The number of furan rings is 1. The lowest BCUT2D eigenvalue weighted by Crippen LogP contribution is -2.20. The van der Waals surface area contributed by atoms with E-state index in [1.165, 1.54) is 69.6 Å². The second-order valence-corrected chi connectivity index (χ2v) is 18.3. The van der Waals surface area contributed by atoms with Crippen LogP contribution in [0.25, 0.3) is 89.1 Å². The van der Waals surface area contributed by atoms with E-state index < -0.39 is 0 Å². The molecule has 0 N–H and O–H groups in total. The quantitative estimate of drug-likeness (QED) is 0.0906. The van der Waals surface area contributed by atoms with Crippen LogP contribution in [0.2, 0.25) is 0 Å². The molecule has 5 heterocycles. The van der Waals surface area contributed by atoms with Crippen LogP contribution in [0, 0.1) is 12.0 Å². The molecular formula is C64H51N3O. The van der Waals surface area contributed by atoms with Crippen LogP contribution in [0.15, 0.2) is 205 Å². The zero-order valence-electron chi connectivity index (χ0n) is 38.7. The maximum Gasteiger partial charge on any atom is 0.227 e. The van der Waals surface area contributed by atoms with Gasteiger partial charge in [0.05, 0.1) is 23.0 Å². The van der Waals surface area contributed by atoms with Gasteiger partial charge in [-0.1, -0.05) is 141 Å². The lowest BCUT2D eigenvalue weighted by molar-refractivity contribution is 0.420. The molecule has 4 aliphatic rings. The number of benzene rings is 6. The fourth-order valence-electron chi connectivity index (χ4n) is 10.2. The number of rotatable bonds is 12. The molecule has 8 aromatic rings. The van der Waals surface area contributed by atoms with E-state index in [-0.39, 0.29) is 5.92 Å². The third kappa shape index (κ3) is 7.42. The van der Waals surface area contributed by atoms with Crippen molar-refractivity contribution in [2.45, 2.75) is 58.3 Å². The molecule has 0 spiro atoms. The van der Waals surface area contributed by atoms with E-state index in [0.717, 1.165) is 67.6 Å². The molecule has 1 unspecified atom stereocenters. The van der Waals surface area contributed by atoms with Crippen LogP contribution >= 0.6 is 0 Å². The summed E-state index contributed by atoms with van der Waals surface area (Å²) in [4.78, 5) is 6.99. The van der Waals surface area contributed by atoms with Gasteiger partial charge in [0.15, 0.2) is 0 Å². The first-order valence-corrected chi connectivity index (χ1v) is 24.1. The Labute approximate surface area is 398 Å². The molecule has 4 nitrogen and oxygen atoms in total.